The molecule has 4 heteroatoms. The maximum atomic E-state index is 12.4. The number of carbonyl (C=O) groups is 2. The van der Waals surface area contributed by atoms with Gasteiger partial charge in [0.1, 0.15) is 5.75 Å². The highest BCUT2D eigenvalue weighted by Gasteiger charge is 2.42. The average molecular weight is 301 g/mol. The summed E-state index contributed by atoms with van der Waals surface area (Å²) in [5.74, 6) is 2.05. The van der Waals surface area contributed by atoms with Gasteiger partial charge in [0.2, 0.25) is 5.91 Å². The third-order valence-electron chi connectivity index (χ3n) is 4.63. The minimum atomic E-state index is -0.00171. The summed E-state index contributed by atoms with van der Waals surface area (Å²) >= 11 is 0. The van der Waals surface area contributed by atoms with Crippen LogP contribution in [-0.2, 0) is 11.2 Å². The van der Waals surface area contributed by atoms with E-state index in [0.29, 0.717) is 29.2 Å². The Bertz CT molecular complexity index is 576. The van der Waals surface area contributed by atoms with E-state index in [9.17, 15) is 9.59 Å². The molecule has 2 saturated carbocycles. The molecule has 0 spiro atoms. The van der Waals surface area contributed by atoms with Crippen LogP contribution in [0.1, 0.15) is 48.5 Å². The number of rotatable bonds is 7. The number of ether oxygens (including phenoxy) is 1. The van der Waals surface area contributed by atoms with E-state index in [1.807, 2.05) is 0 Å². The number of nitrogens with one attached hydrogen (secondary N) is 1. The van der Waals surface area contributed by atoms with Crippen LogP contribution in [0.4, 0.5) is 0 Å². The Hall–Kier alpha value is -1.84. The van der Waals surface area contributed by atoms with Gasteiger partial charge in [-0.1, -0.05) is 0 Å². The third kappa shape index (κ3) is 3.49. The van der Waals surface area contributed by atoms with Gasteiger partial charge in [-0.05, 0) is 62.6 Å². The Morgan fingerprint density at radius 2 is 1.86 bits per heavy atom. The molecule has 1 amide bonds. The van der Waals surface area contributed by atoms with Gasteiger partial charge in [0.15, 0.2) is 5.78 Å². The predicted molar refractivity (Wildman–Crippen MR) is 84.1 cm³/mol. The second kappa shape index (κ2) is 6.11. The van der Waals surface area contributed by atoms with Crippen molar-refractivity contribution in [1.29, 1.82) is 0 Å². The third-order valence-corrected chi connectivity index (χ3v) is 4.63. The molecule has 0 atom stereocenters. The molecular formula is C18H23NO3. The zero-order valence-corrected chi connectivity index (χ0v) is 13.2. The zero-order valence-electron chi connectivity index (χ0n) is 13.2. The van der Waals surface area contributed by atoms with Crippen LogP contribution in [-0.4, -0.2) is 24.8 Å². The second-order valence-electron chi connectivity index (χ2n) is 6.53. The molecule has 0 saturated heterocycles. The first kappa shape index (κ1) is 15.1. The summed E-state index contributed by atoms with van der Waals surface area (Å²) in [6.07, 6.45) is 5.23. The molecule has 22 heavy (non-hydrogen) atoms. The van der Waals surface area contributed by atoms with Crippen molar-refractivity contribution >= 4 is 11.7 Å². The molecule has 0 bridgehead atoms. The number of carbonyl (C=O) groups excluding carboxylic acids is 2. The van der Waals surface area contributed by atoms with Crippen LogP contribution in [0.15, 0.2) is 18.2 Å². The van der Waals surface area contributed by atoms with Crippen LogP contribution in [0, 0.1) is 11.8 Å². The van der Waals surface area contributed by atoms with Gasteiger partial charge in [0, 0.05) is 17.2 Å². The second-order valence-corrected chi connectivity index (χ2v) is 6.53. The Morgan fingerprint density at radius 3 is 2.36 bits per heavy atom. The lowest BCUT2D eigenvalue weighted by Gasteiger charge is -2.18. The normalized spacial score (nSPS) is 17.4. The standard InChI is InChI=1S/C18H23NO3/c1-11(20)14-7-8-16(22-2)15(9-14)10-17(21)19-18(12-3-4-12)13-5-6-13/h7-9,12-13,18H,3-6,10H2,1-2H3,(H,19,21). The molecule has 4 nitrogen and oxygen atoms in total. The van der Waals surface area contributed by atoms with E-state index in [1.54, 1.807) is 25.3 Å². The molecule has 3 rings (SSSR count). The number of Topliss-reactive ketones (excluding diaryl/α,β-unsaturated/α-hetero) is 1. The number of benzene rings is 1. The zero-order chi connectivity index (χ0) is 15.7. The van der Waals surface area contributed by atoms with Crippen molar-refractivity contribution in [2.24, 2.45) is 11.8 Å². The fraction of sp³-hybridized carbons (Fsp3) is 0.556. The summed E-state index contributed by atoms with van der Waals surface area (Å²) in [5.41, 5.74) is 1.39. The molecule has 1 aromatic rings. The van der Waals surface area contributed by atoms with Gasteiger partial charge in [-0.15, -0.1) is 0 Å². The molecule has 118 valence electrons. The number of hydrogen-bond acceptors (Lipinski definition) is 3. The van der Waals surface area contributed by atoms with Crippen molar-refractivity contribution in [3.8, 4) is 5.75 Å². The van der Waals surface area contributed by atoms with E-state index in [1.165, 1.54) is 32.6 Å². The summed E-state index contributed by atoms with van der Waals surface area (Å²) < 4.78 is 5.31. The van der Waals surface area contributed by atoms with Gasteiger partial charge in [-0.3, -0.25) is 9.59 Å². The van der Waals surface area contributed by atoms with Gasteiger partial charge in [-0.2, -0.15) is 0 Å². The molecule has 0 unspecified atom stereocenters. The van der Waals surface area contributed by atoms with Gasteiger partial charge in [0.05, 0.1) is 13.5 Å². The van der Waals surface area contributed by atoms with Crippen molar-refractivity contribution in [3.63, 3.8) is 0 Å². The lowest BCUT2D eigenvalue weighted by Crippen LogP contribution is -2.39. The SMILES string of the molecule is COc1ccc(C(C)=O)cc1CC(=O)NC(C1CC1)C1CC1. The maximum Gasteiger partial charge on any atom is 0.224 e. The van der Waals surface area contributed by atoms with E-state index >= 15 is 0 Å². The summed E-state index contributed by atoms with van der Waals surface area (Å²) in [6.45, 7) is 1.53. The first-order valence-electron chi connectivity index (χ1n) is 8.05. The average Bonchev–Trinajstić information content (AvgIpc) is 3.38. The number of methoxy groups -OCH3 is 1. The Labute approximate surface area is 131 Å². The van der Waals surface area contributed by atoms with E-state index in [4.69, 9.17) is 4.74 Å². The molecular weight excluding hydrogens is 278 g/mol. The van der Waals surface area contributed by atoms with Gasteiger partial charge in [0.25, 0.3) is 0 Å². The van der Waals surface area contributed by atoms with Crippen LogP contribution in [0.25, 0.3) is 0 Å². The molecule has 1 aromatic carbocycles. The van der Waals surface area contributed by atoms with Crippen LogP contribution in [0.2, 0.25) is 0 Å². The molecule has 2 aliphatic rings. The van der Waals surface area contributed by atoms with Crippen LogP contribution in [0.3, 0.4) is 0 Å². The minimum Gasteiger partial charge on any atom is -0.496 e. The number of amides is 1. The van der Waals surface area contributed by atoms with Crippen LogP contribution in [0.5, 0.6) is 5.75 Å². The van der Waals surface area contributed by atoms with Crippen molar-refractivity contribution in [1.82, 2.24) is 5.32 Å². The van der Waals surface area contributed by atoms with E-state index < -0.39 is 0 Å². The van der Waals surface area contributed by atoms with E-state index in [0.717, 1.165) is 5.56 Å². The monoisotopic (exact) mass is 301 g/mol. The van der Waals surface area contributed by atoms with Crippen molar-refractivity contribution in [2.45, 2.75) is 45.1 Å². The molecule has 2 fully saturated rings. The van der Waals surface area contributed by atoms with Gasteiger partial charge >= 0.3 is 0 Å². The van der Waals surface area contributed by atoms with Gasteiger partial charge in [-0.25, -0.2) is 0 Å². The highest BCUT2D eigenvalue weighted by molar-refractivity contribution is 5.94. The van der Waals surface area contributed by atoms with E-state index in [-0.39, 0.29) is 18.1 Å². The van der Waals surface area contributed by atoms with Crippen molar-refractivity contribution < 1.29 is 14.3 Å². The lowest BCUT2D eigenvalue weighted by atomic mass is 10.0. The van der Waals surface area contributed by atoms with Gasteiger partial charge < -0.3 is 10.1 Å². The molecule has 0 radical (unpaired) electrons. The van der Waals surface area contributed by atoms with E-state index in [2.05, 4.69) is 5.32 Å². The highest BCUT2D eigenvalue weighted by atomic mass is 16.5. The summed E-state index contributed by atoms with van der Waals surface area (Å²) in [6, 6.07) is 5.62. The van der Waals surface area contributed by atoms with Crippen molar-refractivity contribution in [3.05, 3.63) is 29.3 Å². The quantitative estimate of drug-likeness (QED) is 0.788. The molecule has 0 aliphatic heterocycles. The molecule has 0 aromatic heterocycles. The number of ketones is 1. The first-order valence-corrected chi connectivity index (χ1v) is 8.05. The lowest BCUT2D eigenvalue weighted by molar-refractivity contribution is -0.121. The summed E-state index contributed by atoms with van der Waals surface area (Å²) in [4.78, 5) is 23.9. The van der Waals surface area contributed by atoms with Crippen molar-refractivity contribution in [2.75, 3.05) is 7.11 Å². The van der Waals surface area contributed by atoms with Crippen LogP contribution >= 0.6 is 0 Å². The molecule has 1 N–H and O–H groups in total. The topological polar surface area (TPSA) is 55.4 Å². The molecule has 0 heterocycles. The highest BCUT2D eigenvalue weighted by Crippen LogP contribution is 2.44. The Kier molecular flexibility index (Phi) is 4.19. The largest absolute Gasteiger partial charge is 0.496 e. The predicted octanol–water partition coefficient (Wildman–Crippen LogP) is 2.75. The number of hydrogen-bond donors (Lipinski definition) is 1. The smallest absolute Gasteiger partial charge is 0.224 e. The Morgan fingerprint density at radius 1 is 1.23 bits per heavy atom. The van der Waals surface area contributed by atoms with Crippen LogP contribution < -0.4 is 10.1 Å². The fourth-order valence-electron chi connectivity index (χ4n) is 3.08. The summed E-state index contributed by atoms with van der Waals surface area (Å²) in [7, 11) is 1.58. The maximum absolute atomic E-state index is 12.4. The molecule has 2 aliphatic carbocycles. The fourth-order valence-corrected chi connectivity index (χ4v) is 3.08. The summed E-state index contributed by atoms with van der Waals surface area (Å²) in [5, 5.41) is 3.21. The Balaban J connectivity index is 1.69. The first-order chi connectivity index (χ1) is 10.6. The minimum absolute atomic E-state index is 0.00171.